The maximum atomic E-state index is 12.6. The molecule has 0 bridgehead atoms. The lowest BCUT2D eigenvalue weighted by Gasteiger charge is -2.07. The number of ether oxygens (including phenoxy) is 1. The molecule has 3 aromatic carbocycles. The zero-order chi connectivity index (χ0) is 20.3. The monoisotopic (exact) mass is 396 g/mol. The van der Waals surface area contributed by atoms with Crippen LogP contribution in [0.5, 0.6) is 0 Å². The third-order valence-electron chi connectivity index (χ3n) is 5.01. The number of amides is 1. The highest BCUT2D eigenvalue weighted by Gasteiger charge is 2.15. The number of aromatic nitrogens is 2. The Hall–Kier alpha value is -3.90. The molecule has 4 aromatic rings. The molecule has 0 radical (unpaired) electrons. The predicted octanol–water partition coefficient (Wildman–Crippen LogP) is 5.10. The number of carbonyl (C=O) groups excluding carboxylic acids is 1. The van der Waals surface area contributed by atoms with E-state index < -0.39 is 0 Å². The van der Waals surface area contributed by atoms with E-state index >= 15 is 0 Å². The van der Waals surface area contributed by atoms with E-state index in [1.54, 1.807) is 6.20 Å². The van der Waals surface area contributed by atoms with Gasteiger partial charge in [-0.05, 0) is 47.5 Å². The van der Waals surface area contributed by atoms with Crippen molar-refractivity contribution in [3.8, 4) is 11.3 Å². The highest BCUT2D eigenvalue weighted by Crippen LogP contribution is 2.25. The van der Waals surface area contributed by atoms with Crippen LogP contribution >= 0.6 is 0 Å². The number of hydrogen-bond acceptors (Lipinski definition) is 4. The van der Waals surface area contributed by atoms with Crippen LogP contribution in [0.4, 0.5) is 17.1 Å². The normalized spacial score (nSPS) is 12.4. The number of H-pyrrole nitrogens is 1. The molecule has 1 aliphatic heterocycles. The fourth-order valence-electron chi connectivity index (χ4n) is 3.48. The van der Waals surface area contributed by atoms with Gasteiger partial charge in [0, 0.05) is 22.6 Å². The van der Waals surface area contributed by atoms with E-state index in [1.807, 2.05) is 72.8 Å². The summed E-state index contributed by atoms with van der Waals surface area (Å²) in [4.78, 5) is 20.0. The Kier molecular flexibility index (Phi) is 4.75. The van der Waals surface area contributed by atoms with Gasteiger partial charge in [0.2, 0.25) is 0 Å². The number of hydrogen-bond donors (Lipinski definition) is 3. The predicted molar refractivity (Wildman–Crippen MR) is 117 cm³/mol. The van der Waals surface area contributed by atoms with Crippen molar-refractivity contribution in [1.29, 1.82) is 0 Å². The van der Waals surface area contributed by atoms with Gasteiger partial charge in [0.15, 0.2) is 5.82 Å². The van der Waals surface area contributed by atoms with E-state index in [0.29, 0.717) is 13.2 Å². The summed E-state index contributed by atoms with van der Waals surface area (Å²) in [5, 5.41) is 6.27. The number of imidazole rings is 1. The molecule has 5 rings (SSSR count). The highest BCUT2D eigenvalue weighted by atomic mass is 16.5. The summed E-state index contributed by atoms with van der Waals surface area (Å²) in [7, 11) is 0. The average molecular weight is 396 g/mol. The Morgan fingerprint density at radius 3 is 2.60 bits per heavy atom. The largest absolute Gasteiger partial charge is 0.372 e. The van der Waals surface area contributed by atoms with Gasteiger partial charge < -0.3 is 20.4 Å². The standard InChI is InChI=1S/C24H20N4O2/c29-24(27-21-10-9-17-14-30-15-18(17)12-21)23-25-13-22(28-23)16-5-4-8-20(11-16)26-19-6-2-1-3-7-19/h1-13,26H,14-15H2,(H,25,28)(H,27,29). The number of rotatable bonds is 5. The van der Waals surface area contributed by atoms with Gasteiger partial charge in [-0.15, -0.1) is 0 Å². The van der Waals surface area contributed by atoms with E-state index in [0.717, 1.165) is 39.4 Å². The topological polar surface area (TPSA) is 79.0 Å². The molecule has 1 amide bonds. The SMILES string of the molecule is O=C(Nc1ccc2c(c1)COC2)c1ncc(-c2cccc(Nc3ccccc3)c2)[nH]1. The minimum absolute atomic E-state index is 0.267. The molecule has 0 saturated carbocycles. The lowest BCUT2D eigenvalue weighted by Crippen LogP contribution is -2.13. The summed E-state index contributed by atoms with van der Waals surface area (Å²) in [6.07, 6.45) is 1.67. The van der Waals surface area contributed by atoms with E-state index in [9.17, 15) is 4.79 Å². The first-order chi connectivity index (χ1) is 14.7. The van der Waals surface area contributed by atoms with Gasteiger partial charge in [0.1, 0.15) is 0 Å². The summed E-state index contributed by atoms with van der Waals surface area (Å²) in [6, 6.07) is 23.7. The smallest absolute Gasteiger partial charge is 0.291 e. The van der Waals surface area contributed by atoms with Crippen molar-refractivity contribution in [2.24, 2.45) is 0 Å². The molecule has 0 aliphatic carbocycles. The summed E-state index contributed by atoms with van der Waals surface area (Å²) < 4.78 is 5.42. The average Bonchev–Trinajstić information content (AvgIpc) is 3.44. The van der Waals surface area contributed by atoms with Gasteiger partial charge in [-0.3, -0.25) is 4.79 Å². The Labute approximate surface area is 173 Å². The maximum Gasteiger partial charge on any atom is 0.291 e. The van der Waals surface area contributed by atoms with Gasteiger partial charge >= 0.3 is 0 Å². The van der Waals surface area contributed by atoms with Crippen molar-refractivity contribution < 1.29 is 9.53 Å². The van der Waals surface area contributed by atoms with Crippen molar-refractivity contribution in [1.82, 2.24) is 9.97 Å². The Morgan fingerprint density at radius 1 is 0.867 bits per heavy atom. The highest BCUT2D eigenvalue weighted by molar-refractivity contribution is 6.02. The van der Waals surface area contributed by atoms with Crippen LogP contribution in [0.2, 0.25) is 0 Å². The van der Waals surface area contributed by atoms with Crippen molar-refractivity contribution in [3.63, 3.8) is 0 Å². The molecule has 0 unspecified atom stereocenters. The number of fused-ring (bicyclic) bond motifs is 1. The van der Waals surface area contributed by atoms with Crippen LogP contribution in [0.3, 0.4) is 0 Å². The fraction of sp³-hybridized carbons (Fsp3) is 0.0833. The van der Waals surface area contributed by atoms with Crippen LogP contribution in [-0.4, -0.2) is 15.9 Å². The molecule has 1 aliphatic rings. The molecular formula is C24H20N4O2. The zero-order valence-corrected chi connectivity index (χ0v) is 16.2. The molecule has 0 atom stereocenters. The third-order valence-corrected chi connectivity index (χ3v) is 5.01. The molecule has 2 heterocycles. The van der Waals surface area contributed by atoms with E-state index in [-0.39, 0.29) is 11.7 Å². The second kappa shape index (κ2) is 7.85. The number of nitrogens with one attached hydrogen (secondary N) is 3. The Bertz CT molecular complexity index is 1200. The summed E-state index contributed by atoms with van der Waals surface area (Å²) in [5.74, 6) is -0.0122. The third kappa shape index (κ3) is 3.81. The molecular weight excluding hydrogens is 376 g/mol. The summed E-state index contributed by atoms with van der Waals surface area (Å²) >= 11 is 0. The summed E-state index contributed by atoms with van der Waals surface area (Å²) in [6.45, 7) is 1.21. The van der Waals surface area contributed by atoms with Crippen molar-refractivity contribution in [2.75, 3.05) is 10.6 Å². The first kappa shape index (κ1) is 18.1. The van der Waals surface area contributed by atoms with Crippen molar-refractivity contribution >= 4 is 23.0 Å². The summed E-state index contributed by atoms with van der Waals surface area (Å²) in [5.41, 5.74) is 6.69. The molecule has 30 heavy (non-hydrogen) atoms. The second-order valence-electron chi connectivity index (χ2n) is 7.15. The van der Waals surface area contributed by atoms with Crippen LogP contribution in [0, 0.1) is 0 Å². The number of aromatic amines is 1. The van der Waals surface area contributed by atoms with Gasteiger partial charge in [-0.25, -0.2) is 4.98 Å². The Balaban J connectivity index is 1.31. The van der Waals surface area contributed by atoms with Gasteiger partial charge in [-0.1, -0.05) is 36.4 Å². The second-order valence-corrected chi connectivity index (χ2v) is 7.15. The van der Waals surface area contributed by atoms with Crippen LogP contribution < -0.4 is 10.6 Å². The van der Waals surface area contributed by atoms with Crippen LogP contribution in [-0.2, 0) is 18.0 Å². The molecule has 6 nitrogen and oxygen atoms in total. The van der Waals surface area contributed by atoms with E-state index in [4.69, 9.17) is 4.74 Å². The molecule has 6 heteroatoms. The Morgan fingerprint density at radius 2 is 1.70 bits per heavy atom. The molecule has 0 spiro atoms. The van der Waals surface area contributed by atoms with Crippen molar-refractivity contribution in [3.05, 3.63) is 95.9 Å². The number of anilines is 3. The number of benzene rings is 3. The first-order valence-corrected chi connectivity index (χ1v) is 9.73. The van der Waals surface area contributed by atoms with Crippen LogP contribution in [0.25, 0.3) is 11.3 Å². The van der Waals surface area contributed by atoms with E-state index in [1.165, 1.54) is 0 Å². The minimum Gasteiger partial charge on any atom is -0.372 e. The lowest BCUT2D eigenvalue weighted by molar-refractivity contribution is 0.101. The van der Waals surface area contributed by atoms with Gasteiger partial charge in [0.25, 0.3) is 5.91 Å². The van der Waals surface area contributed by atoms with Gasteiger partial charge in [0.05, 0.1) is 25.1 Å². The van der Waals surface area contributed by atoms with Crippen molar-refractivity contribution in [2.45, 2.75) is 13.2 Å². The first-order valence-electron chi connectivity index (χ1n) is 9.73. The van der Waals surface area contributed by atoms with Gasteiger partial charge in [-0.2, -0.15) is 0 Å². The molecule has 0 fully saturated rings. The quantitative estimate of drug-likeness (QED) is 0.438. The number of carbonyl (C=O) groups is 1. The zero-order valence-electron chi connectivity index (χ0n) is 16.2. The van der Waals surface area contributed by atoms with Crippen LogP contribution in [0.1, 0.15) is 21.7 Å². The molecule has 1 aromatic heterocycles. The molecule has 0 saturated heterocycles. The lowest BCUT2D eigenvalue weighted by atomic mass is 10.1. The van der Waals surface area contributed by atoms with E-state index in [2.05, 4.69) is 20.6 Å². The number of nitrogens with zero attached hydrogens (tertiary/aromatic N) is 1. The maximum absolute atomic E-state index is 12.6. The molecule has 3 N–H and O–H groups in total. The number of para-hydroxylation sites is 1. The molecule has 148 valence electrons. The minimum atomic E-state index is -0.279. The van der Waals surface area contributed by atoms with Crippen LogP contribution in [0.15, 0.2) is 79.0 Å². The fourth-order valence-corrected chi connectivity index (χ4v) is 3.48.